The third-order valence-electron chi connectivity index (χ3n) is 4.25. The standard InChI is InChI=1S/C17H17ClN2O4S2/c1-17(26(23,24)20-10-7-16(13-20)25(18,21)22)8-4-5-14(12-17)11-15-6-2-3-9-19-15/h2-7,9-10,12-13H,8,11H2,1H3. The zero-order valence-corrected chi connectivity index (χ0v) is 16.3. The molecule has 2 aromatic heterocycles. The Morgan fingerprint density at radius 3 is 2.62 bits per heavy atom. The second-order valence-corrected chi connectivity index (χ2v) is 11.1. The van der Waals surface area contributed by atoms with Crippen LogP contribution in [0.1, 0.15) is 19.0 Å². The van der Waals surface area contributed by atoms with Crippen LogP contribution in [0.2, 0.25) is 0 Å². The average molecular weight is 413 g/mol. The van der Waals surface area contributed by atoms with Gasteiger partial charge in [-0.3, -0.25) is 8.96 Å². The summed E-state index contributed by atoms with van der Waals surface area (Å²) >= 11 is 0. The lowest BCUT2D eigenvalue weighted by molar-refractivity contribution is 0.552. The minimum absolute atomic E-state index is 0.254. The zero-order valence-electron chi connectivity index (χ0n) is 13.9. The van der Waals surface area contributed by atoms with Crippen LogP contribution in [0.25, 0.3) is 0 Å². The van der Waals surface area contributed by atoms with Crippen LogP contribution in [0.15, 0.2) is 71.6 Å². The molecule has 6 nitrogen and oxygen atoms in total. The van der Waals surface area contributed by atoms with Crippen LogP contribution in [0.3, 0.4) is 0 Å². The second-order valence-electron chi connectivity index (χ2n) is 6.26. The Hall–Kier alpha value is -1.90. The van der Waals surface area contributed by atoms with Crippen LogP contribution >= 0.6 is 10.7 Å². The summed E-state index contributed by atoms with van der Waals surface area (Å²) < 4.78 is 48.7. The van der Waals surface area contributed by atoms with Crippen molar-refractivity contribution in [1.82, 2.24) is 8.96 Å². The van der Waals surface area contributed by atoms with Crippen molar-refractivity contribution in [1.29, 1.82) is 0 Å². The number of rotatable bonds is 5. The normalized spacial score (nSPS) is 20.8. The highest BCUT2D eigenvalue weighted by Gasteiger charge is 2.39. The molecule has 0 fully saturated rings. The van der Waals surface area contributed by atoms with Crippen molar-refractivity contribution in [3.8, 4) is 0 Å². The Kier molecular flexibility index (Phi) is 4.85. The quantitative estimate of drug-likeness (QED) is 0.705. The van der Waals surface area contributed by atoms with Gasteiger partial charge in [-0.2, -0.15) is 0 Å². The number of hydrogen-bond acceptors (Lipinski definition) is 5. The van der Waals surface area contributed by atoms with Crippen LogP contribution in [-0.2, 0) is 25.5 Å². The van der Waals surface area contributed by atoms with Crippen molar-refractivity contribution in [3.63, 3.8) is 0 Å². The first-order valence-corrected chi connectivity index (χ1v) is 11.5. The highest BCUT2D eigenvalue weighted by molar-refractivity contribution is 8.13. The molecule has 26 heavy (non-hydrogen) atoms. The Morgan fingerprint density at radius 2 is 2.00 bits per heavy atom. The molecule has 0 saturated carbocycles. The van der Waals surface area contributed by atoms with E-state index in [2.05, 4.69) is 4.98 Å². The molecule has 0 aromatic carbocycles. The molecule has 0 radical (unpaired) electrons. The first-order valence-electron chi connectivity index (χ1n) is 7.78. The zero-order chi connectivity index (χ0) is 19.0. The van der Waals surface area contributed by atoms with E-state index in [0.717, 1.165) is 21.4 Å². The molecule has 1 atom stereocenters. The molecule has 1 aliphatic carbocycles. The van der Waals surface area contributed by atoms with Gasteiger partial charge in [0.25, 0.3) is 9.05 Å². The predicted molar refractivity (Wildman–Crippen MR) is 100.0 cm³/mol. The molecule has 0 spiro atoms. The van der Waals surface area contributed by atoms with E-state index in [1.165, 1.54) is 12.3 Å². The summed E-state index contributed by atoms with van der Waals surface area (Å²) in [5.74, 6) is 0. The van der Waals surface area contributed by atoms with Gasteiger partial charge in [0.1, 0.15) is 9.64 Å². The van der Waals surface area contributed by atoms with Crippen molar-refractivity contribution in [2.24, 2.45) is 0 Å². The summed E-state index contributed by atoms with van der Waals surface area (Å²) in [6.07, 6.45) is 10.1. The number of pyridine rings is 1. The minimum Gasteiger partial charge on any atom is -0.261 e. The van der Waals surface area contributed by atoms with Crippen LogP contribution in [0.5, 0.6) is 0 Å². The van der Waals surface area contributed by atoms with Gasteiger partial charge in [0.2, 0.25) is 10.0 Å². The molecule has 0 N–H and O–H groups in total. The molecule has 0 bridgehead atoms. The second kappa shape index (κ2) is 6.68. The summed E-state index contributed by atoms with van der Waals surface area (Å²) in [7, 11) is -2.59. The van der Waals surface area contributed by atoms with E-state index in [-0.39, 0.29) is 11.3 Å². The minimum atomic E-state index is -3.99. The number of aromatic nitrogens is 2. The molecule has 2 aromatic rings. The van der Waals surface area contributed by atoms with Gasteiger partial charge in [-0.25, -0.2) is 16.8 Å². The Bertz CT molecular complexity index is 1090. The van der Waals surface area contributed by atoms with E-state index in [1.807, 2.05) is 24.3 Å². The highest BCUT2D eigenvalue weighted by Crippen LogP contribution is 2.32. The van der Waals surface area contributed by atoms with E-state index in [9.17, 15) is 16.8 Å². The fraction of sp³-hybridized carbons (Fsp3) is 0.235. The first kappa shape index (κ1) is 18.9. The van der Waals surface area contributed by atoms with Gasteiger partial charge in [0.05, 0.1) is 0 Å². The molecule has 2 heterocycles. The summed E-state index contributed by atoms with van der Waals surface area (Å²) in [5.41, 5.74) is 1.67. The fourth-order valence-corrected chi connectivity index (χ4v) is 5.20. The van der Waals surface area contributed by atoms with Crippen molar-refractivity contribution in [2.75, 3.05) is 0 Å². The maximum atomic E-state index is 13.1. The Morgan fingerprint density at radius 1 is 1.23 bits per heavy atom. The van der Waals surface area contributed by atoms with Crippen LogP contribution in [-0.4, -0.2) is 30.5 Å². The third kappa shape index (κ3) is 3.62. The van der Waals surface area contributed by atoms with Crippen LogP contribution in [0, 0.1) is 0 Å². The smallest absolute Gasteiger partial charge is 0.261 e. The van der Waals surface area contributed by atoms with E-state index >= 15 is 0 Å². The summed E-state index contributed by atoms with van der Waals surface area (Å²) in [4.78, 5) is 4.01. The van der Waals surface area contributed by atoms with Gasteiger partial charge < -0.3 is 0 Å². The lowest BCUT2D eigenvalue weighted by Crippen LogP contribution is -2.38. The van der Waals surface area contributed by atoms with Crippen LogP contribution < -0.4 is 0 Å². The molecule has 1 unspecified atom stereocenters. The van der Waals surface area contributed by atoms with Gasteiger partial charge in [0, 0.05) is 41.4 Å². The number of allylic oxidation sites excluding steroid dienone is 3. The van der Waals surface area contributed by atoms with E-state index in [0.29, 0.717) is 6.42 Å². The van der Waals surface area contributed by atoms with E-state index < -0.39 is 23.8 Å². The van der Waals surface area contributed by atoms with Gasteiger partial charge in [-0.1, -0.05) is 24.3 Å². The maximum Gasteiger partial charge on any atom is 0.262 e. The molecule has 1 aliphatic rings. The molecule has 0 amide bonds. The number of nitrogens with zero attached hydrogens (tertiary/aromatic N) is 2. The predicted octanol–water partition coefficient (Wildman–Crippen LogP) is 2.88. The molecular formula is C17H17ClN2O4S2. The summed E-state index contributed by atoms with van der Waals surface area (Å²) in [6.45, 7) is 1.61. The third-order valence-corrected chi connectivity index (χ3v) is 7.83. The molecule has 138 valence electrons. The Balaban J connectivity index is 1.96. The van der Waals surface area contributed by atoms with Gasteiger partial charge in [0.15, 0.2) is 0 Å². The lowest BCUT2D eigenvalue weighted by atomic mass is 9.94. The number of hydrogen-bond donors (Lipinski definition) is 0. The molecule has 0 aliphatic heterocycles. The van der Waals surface area contributed by atoms with E-state index in [1.54, 1.807) is 25.3 Å². The topological polar surface area (TPSA) is 86.1 Å². The van der Waals surface area contributed by atoms with Gasteiger partial charge in [-0.15, -0.1) is 0 Å². The van der Waals surface area contributed by atoms with Crippen molar-refractivity contribution >= 4 is 29.8 Å². The lowest BCUT2D eigenvalue weighted by Gasteiger charge is -2.28. The average Bonchev–Trinajstić information content (AvgIpc) is 3.07. The van der Waals surface area contributed by atoms with Crippen LogP contribution in [0.4, 0.5) is 0 Å². The van der Waals surface area contributed by atoms with Crippen molar-refractivity contribution in [2.45, 2.75) is 29.4 Å². The SMILES string of the molecule is CC1(S(=O)(=O)n2ccc(S(=O)(=O)Cl)c2)C=C(Cc2ccccn2)C=CC1. The summed E-state index contributed by atoms with van der Waals surface area (Å²) in [6, 6.07) is 6.73. The molecule has 9 heteroatoms. The summed E-state index contributed by atoms with van der Waals surface area (Å²) in [5, 5.41) is 0. The molecule has 0 saturated heterocycles. The number of halogens is 1. The van der Waals surface area contributed by atoms with Gasteiger partial charge >= 0.3 is 0 Å². The largest absolute Gasteiger partial charge is 0.262 e. The first-order chi connectivity index (χ1) is 12.1. The van der Waals surface area contributed by atoms with Gasteiger partial charge in [-0.05, 0) is 37.1 Å². The van der Waals surface area contributed by atoms with E-state index in [4.69, 9.17) is 10.7 Å². The monoisotopic (exact) mass is 412 g/mol. The van der Waals surface area contributed by atoms with Crippen molar-refractivity contribution < 1.29 is 16.8 Å². The molecular weight excluding hydrogens is 396 g/mol. The Labute approximate surface area is 157 Å². The highest BCUT2D eigenvalue weighted by atomic mass is 35.7. The maximum absolute atomic E-state index is 13.1. The fourth-order valence-electron chi connectivity index (χ4n) is 2.84. The van der Waals surface area contributed by atoms with Crippen molar-refractivity contribution in [3.05, 3.63) is 72.4 Å². The molecule has 3 rings (SSSR count).